The molecule has 4 nitrogen and oxygen atoms in total. The third kappa shape index (κ3) is 2.47. The minimum atomic E-state index is 0. The van der Waals surface area contributed by atoms with Crippen molar-refractivity contribution in [1.82, 2.24) is 16.1 Å². The number of rotatable bonds is 1. The Hall–Kier alpha value is -1.82. The zero-order valence-corrected chi connectivity index (χ0v) is 9.95. The van der Waals surface area contributed by atoms with Crippen molar-refractivity contribution in [3.05, 3.63) is 48.0 Å². The van der Waals surface area contributed by atoms with Gasteiger partial charge in [0, 0.05) is 0 Å². The Morgan fingerprint density at radius 2 is 1.71 bits per heavy atom. The molecule has 2 aromatic heterocycles. The first-order valence-electron chi connectivity index (χ1n) is 4.69. The van der Waals surface area contributed by atoms with Crippen LogP contribution < -0.4 is 6.15 Å². The molecule has 0 fully saturated rings. The highest BCUT2D eigenvalue weighted by atomic mass is 32.1. The van der Waals surface area contributed by atoms with Crippen molar-refractivity contribution < 1.29 is 5.48 Å². The van der Waals surface area contributed by atoms with Crippen molar-refractivity contribution in [2.24, 2.45) is 0 Å². The highest BCUT2D eigenvalue weighted by molar-refractivity contribution is 7.13. The van der Waals surface area contributed by atoms with Crippen LogP contribution in [0.25, 0.3) is 21.6 Å². The SMILES string of the molecule is N.O.c1csc(-c2cnc3ccccc3n2)c1. The molecule has 0 aliphatic carbocycles. The summed E-state index contributed by atoms with van der Waals surface area (Å²) in [6.45, 7) is 0. The van der Waals surface area contributed by atoms with Gasteiger partial charge in [-0.15, -0.1) is 11.3 Å². The first kappa shape index (κ1) is 13.2. The molecule has 0 unspecified atom stereocenters. The van der Waals surface area contributed by atoms with E-state index in [1.54, 1.807) is 11.3 Å². The Morgan fingerprint density at radius 1 is 0.941 bits per heavy atom. The molecular formula is C12H13N3OS. The van der Waals surface area contributed by atoms with Gasteiger partial charge in [0.2, 0.25) is 0 Å². The lowest BCUT2D eigenvalue weighted by Gasteiger charge is -1.98. The molecule has 0 saturated carbocycles. The zero-order valence-electron chi connectivity index (χ0n) is 9.13. The Kier molecular flexibility index (Phi) is 4.28. The second-order valence-electron chi connectivity index (χ2n) is 3.22. The molecule has 3 aromatic rings. The van der Waals surface area contributed by atoms with Gasteiger partial charge in [0.05, 0.1) is 27.8 Å². The fourth-order valence-electron chi connectivity index (χ4n) is 1.50. The molecular weight excluding hydrogens is 234 g/mol. The van der Waals surface area contributed by atoms with Crippen LogP contribution in [0.2, 0.25) is 0 Å². The van der Waals surface area contributed by atoms with Gasteiger partial charge < -0.3 is 11.6 Å². The van der Waals surface area contributed by atoms with E-state index in [0.717, 1.165) is 21.6 Å². The van der Waals surface area contributed by atoms with Crippen LogP contribution in [0.3, 0.4) is 0 Å². The monoisotopic (exact) mass is 247 g/mol. The van der Waals surface area contributed by atoms with Gasteiger partial charge in [-0.2, -0.15) is 0 Å². The molecule has 0 radical (unpaired) electrons. The highest BCUT2D eigenvalue weighted by Crippen LogP contribution is 2.23. The van der Waals surface area contributed by atoms with Gasteiger partial charge in [0.1, 0.15) is 0 Å². The van der Waals surface area contributed by atoms with Crippen molar-refractivity contribution in [3.63, 3.8) is 0 Å². The van der Waals surface area contributed by atoms with Gasteiger partial charge >= 0.3 is 0 Å². The molecule has 0 bridgehead atoms. The molecule has 1 aromatic carbocycles. The van der Waals surface area contributed by atoms with Crippen LogP contribution in [0.4, 0.5) is 0 Å². The maximum atomic E-state index is 4.57. The quantitative estimate of drug-likeness (QED) is 0.716. The maximum Gasteiger partial charge on any atom is 0.0992 e. The van der Waals surface area contributed by atoms with Crippen molar-refractivity contribution in [3.8, 4) is 10.6 Å². The van der Waals surface area contributed by atoms with Gasteiger partial charge in [0.15, 0.2) is 0 Å². The molecule has 0 aliphatic heterocycles. The van der Waals surface area contributed by atoms with E-state index >= 15 is 0 Å². The molecule has 0 saturated heterocycles. The summed E-state index contributed by atoms with van der Waals surface area (Å²) in [5, 5.41) is 2.05. The second-order valence-corrected chi connectivity index (χ2v) is 4.17. The molecule has 0 amide bonds. The van der Waals surface area contributed by atoms with Crippen LogP contribution in [0, 0.1) is 0 Å². The molecule has 0 spiro atoms. The number of para-hydroxylation sites is 2. The van der Waals surface area contributed by atoms with E-state index in [-0.39, 0.29) is 11.6 Å². The molecule has 0 atom stereocenters. The number of hydrogen-bond acceptors (Lipinski definition) is 4. The summed E-state index contributed by atoms with van der Waals surface area (Å²) in [6, 6.07) is 12.0. The molecule has 3 rings (SSSR count). The minimum Gasteiger partial charge on any atom is -0.412 e. The van der Waals surface area contributed by atoms with E-state index < -0.39 is 0 Å². The number of benzene rings is 1. The fourth-order valence-corrected chi connectivity index (χ4v) is 2.18. The molecule has 5 N–H and O–H groups in total. The number of nitrogens with zero attached hydrogens (tertiary/aromatic N) is 2. The molecule has 5 heteroatoms. The fraction of sp³-hybridized carbons (Fsp3) is 0. The lowest BCUT2D eigenvalue weighted by molar-refractivity contribution is 0.824. The van der Waals surface area contributed by atoms with Gasteiger partial charge in [-0.25, -0.2) is 4.98 Å². The van der Waals surface area contributed by atoms with Crippen LogP contribution in [0.1, 0.15) is 0 Å². The second kappa shape index (κ2) is 5.49. The average molecular weight is 247 g/mol. The lowest BCUT2D eigenvalue weighted by atomic mass is 10.3. The average Bonchev–Trinajstić information content (AvgIpc) is 2.82. The van der Waals surface area contributed by atoms with Gasteiger partial charge in [-0.05, 0) is 23.6 Å². The number of hydrogen-bond donors (Lipinski definition) is 1. The van der Waals surface area contributed by atoms with Crippen LogP contribution in [0.15, 0.2) is 48.0 Å². The predicted octanol–water partition coefficient (Wildman–Crippen LogP) is 2.70. The Morgan fingerprint density at radius 3 is 2.41 bits per heavy atom. The third-order valence-corrected chi connectivity index (χ3v) is 3.11. The number of thiophene rings is 1. The summed E-state index contributed by atoms with van der Waals surface area (Å²) >= 11 is 1.68. The van der Waals surface area contributed by atoms with E-state index in [4.69, 9.17) is 0 Å². The molecule has 17 heavy (non-hydrogen) atoms. The van der Waals surface area contributed by atoms with Gasteiger partial charge in [-0.3, -0.25) is 4.98 Å². The van der Waals surface area contributed by atoms with Crippen molar-refractivity contribution >= 4 is 22.4 Å². The van der Waals surface area contributed by atoms with Crippen molar-refractivity contribution in [1.29, 1.82) is 0 Å². The van der Waals surface area contributed by atoms with Crippen LogP contribution in [-0.4, -0.2) is 15.4 Å². The van der Waals surface area contributed by atoms with Gasteiger partial charge in [-0.1, -0.05) is 18.2 Å². The summed E-state index contributed by atoms with van der Waals surface area (Å²) in [5.74, 6) is 0. The summed E-state index contributed by atoms with van der Waals surface area (Å²) in [5.41, 5.74) is 2.84. The highest BCUT2D eigenvalue weighted by Gasteiger charge is 2.02. The first-order chi connectivity index (χ1) is 7.43. The smallest absolute Gasteiger partial charge is 0.0992 e. The van der Waals surface area contributed by atoms with Crippen LogP contribution in [0.5, 0.6) is 0 Å². The Balaban J connectivity index is 0.000000722. The first-order valence-corrected chi connectivity index (χ1v) is 5.57. The predicted molar refractivity (Wildman–Crippen MR) is 71.5 cm³/mol. The molecule has 2 heterocycles. The zero-order chi connectivity index (χ0) is 10.1. The lowest BCUT2D eigenvalue weighted by Crippen LogP contribution is -1.85. The Bertz CT molecular complexity index is 596. The van der Waals surface area contributed by atoms with E-state index in [9.17, 15) is 0 Å². The largest absolute Gasteiger partial charge is 0.412 e. The number of fused-ring (bicyclic) bond motifs is 1. The van der Waals surface area contributed by atoms with Gasteiger partial charge in [0.25, 0.3) is 0 Å². The summed E-state index contributed by atoms with van der Waals surface area (Å²) in [7, 11) is 0. The summed E-state index contributed by atoms with van der Waals surface area (Å²) < 4.78 is 0. The molecule has 0 aliphatic rings. The van der Waals surface area contributed by atoms with Crippen molar-refractivity contribution in [2.45, 2.75) is 0 Å². The van der Waals surface area contributed by atoms with Crippen LogP contribution in [-0.2, 0) is 0 Å². The Labute approximate surface area is 103 Å². The topological polar surface area (TPSA) is 92.3 Å². The number of aromatic nitrogens is 2. The minimum absolute atomic E-state index is 0. The van der Waals surface area contributed by atoms with E-state index in [0.29, 0.717) is 0 Å². The van der Waals surface area contributed by atoms with E-state index in [1.165, 1.54) is 0 Å². The summed E-state index contributed by atoms with van der Waals surface area (Å²) in [4.78, 5) is 10.1. The summed E-state index contributed by atoms with van der Waals surface area (Å²) in [6.07, 6.45) is 1.83. The van der Waals surface area contributed by atoms with E-state index in [2.05, 4.69) is 16.0 Å². The molecule has 88 valence electrons. The standard InChI is InChI=1S/C12H8N2S.H3N.H2O/c1-2-5-10-9(4-1)13-8-11(14-10)12-6-3-7-15-12;;/h1-8H;1H3;1H2. The maximum absolute atomic E-state index is 4.57. The van der Waals surface area contributed by atoms with E-state index in [1.807, 2.05) is 41.9 Å². The van der Waals surface area contributed by atoms with Crippen molar-refractivity contribution in [2.75, 3.05) is 0 Å². The van der Waals surface area contributed by atoms with Crippen LogP contribution >= 0.6 is 11.3 Å². The normalized spacial score (nSPS) is 9.41. The third-order valence-electron chi connectivity index (χ3n) is 2.22.